The molecule has 0 atom stereocenters. The molecule has 3 nitrogen and oxygen atoms in total. The molecule has 2 aromatic rings. The van der Waals surface area contributed by atoms with Gasteiger partial charge in [0, 0.05) is 23.2 Å². The van der Waals surface area contributed by atoms with Gasteiger partial charge >= 0.3 is 0 Å². The molecule has 2 N–H and O–H groups in total. The van der Waals surface area contributed by atoms with E-state index in [1.165, 1.54) is 0 Å². The zero-order valence-corrected chi connectivity index (χ0v) is 13.0. The van der Waals surface area contributed by atoms with Crippen molar-refractivity contribution < 1.29 is 9.84 Å². The van der Waals surface area contributed by atoms with Crippen LogP contribution in [0.2, 0.25) is 5.02 Å². The molecule has 0 spiro atoms. The van der Waals surface area contributed by atoms with Crippen molar-refractivity contribution in [2.24, 2.45) is 0 Å². The molecule has 0 saturated carbocycles. The van der Waals surface area contributed by atoms with E-state index in [-0.39, 0.29) is 6.61 Å². The average molecular weight is 306 g/mol. The van der Waals surface area contributed by atoms with E-state index in [9.17, 15) is 5.11 Å². The summed E-state index contributed by atoms with van der Waals surface area (Å²) in [6.45, 7) is 4.87. The Labute approximate surface area is 130 Å². The Bertz CT molecular complexity index is 599. The monoisotopic (exact) mass is 305 g/mol. The Morgan fingerprint density at radius 2 is 2.00 bits per heavy atom. The lowest BCUT2D eigenvalue weighted by molar-refractivity contribution is 0.281. The van der Waals surface area contributed by atoms with Gasteiger partial charge in [-0.05, 0) is 35.9 Å². The molecule has 0 radical (unpaired) electrons. The maximum atomic E-state index is 9.18. The SMILES string of the molecule is CC(C)NCc1cc(Cl)ccc1Oc1cccc(CO)c1. The molecule has 2 aromatic carbocycles. The second-order valence-electron chi connectivity index (χ2n) is 5.20. The number of halogens is 1. The van der Waals surface area contributed by atoms with Gasteiger partial charge in [-0.3, -0.25) is 0 Å². The van der Waals surface area contributed by atoms with Crippen LogP contribution < -0.4 is 10.1 Å². The van der Waals surface area contributed by atoms with Crippen LogP contribution in [0.5, 0.6) is 11.5 Å². The van der Waals surface area contributed by atoms with E-state index in [1.54, 1.807) is 0 Å². The third-order valence-corrected chi connectivity index (χ3v) is 3.27. The van der Waals surface area contributed by atoms with Gasteiger partial charge in [0.2, 0.25) is 0 Å². The minimum Gasteiger partial charge on any atom is -0.457 e. The van der Waals surface area contributed by atoms with E-state index < -0.39 is 0 Å². The van der Waals surface area contributed by atoms with Crippen molar-refractivity contribution in [1.82, 2.24) is 5.32 Å². The smallest absolute Gasteiger partial charge is 0.132 e. The van der Waals surface area contributed by atoms with Gasteiger partial charge in [-0.25, -0.2) is 0 Å². The zero-order valence-electron chi connectivity index (χ0n) is 12.3. The van der Waals surface area contributed by atoms with Gasteiger partial charge < -0.3 is 15.2 Å². The molecule has 0 aromatic heterocycles. The van der Waals surface area contributed by atoms with E-state index in [0.717, 1.165) is 16.9 Å². The summed E-state index contributed by atoms with van der Waals surface area (Å²) >= 11 is 6.07. The summed E-state index contributed by atoms with van der Waals surface area (Å²) in [6, 6.07) is 13.4. The van der Waals surface area contributed by atoms with Crippen molar-refractivity contribution in [2.45, 2.75) is 33.0 Å². The largest absolute Gasteiger partial charge is 0.457 e. The highest BCUT2D eigenvalue weighted by molar-refractivity contribution is 6.30. The van der Waals surface area contributed by atoms with Gasteiger partial charge in [0.15, 0.2) is 0 Å². The molecule has 0 amide bonds. The molecule has 0 saturated heterocycles. The molecule has 21 heavy (non-hydrogen) atoms. The Hall–Kier alpha value is -1.55. The molecule has 0 fully saturated rings. The molecule has 0 aliphatic heterocycles. The van der Waals surface area contributed by atoms with Crippen LogP contribution in [0, 0.1) is 0 Å². The molecule has 0 heterocycles. The summed E-state index contributed by atoms with van der Waals surface area (Å²) < 4.78 is 5.93. The first-order chi connectivity index (χ1) is 10.1. The number of hydrogen-bond acceptors (Lipinski definition) is 3. The van der Waals surface area contributed by atoms with Crippen molar-refractivity contribution >= 4 is 11.6 Å². The lowest BCUT2D eigenvalue weighted by Gasteiger charge is -2.14. The van der Waals surface area contributed by atoms with E-state index in [0.29, 0.717) is 23.4 Å². The summed E-state index contributed by atoms with van der Waals surface area (Å²) in [5, 5.41) is 13.2. The van der Waals surface area contributed by atoms with Gasteiger partial charge in [-0.15, -0.1) is 0 Å². The molecule has 0 aliphatic carbocycles. The Morgan fingerprint density at radius 3 is 2.71 bits per heavy atom. The standard InChI is InChI=1S/C17H20ClNO2/c1-12(2)19-10-14-9-15(18)6-7-17(14)21-16-5-3-4-13(8-16)11-20/h3-9,12,19-20H,10-11H2,1-2H3. The van der Waals surface area contributed by atoms with Crippen LogP contribution in [0.25, 0.3) is 0 Å². The van der Waals surface area contributed by atoms with Crippen molar-refractivity contribution in [3.05, 3.63) is 58.6 Å². The van der Waals surface area contributed by atoms with Crippen molar-refractivity contribution in [2.75, 3.05) is 0 Å². The fraction of sp³-hybridized carbons (Fsp3) is 0.294. The molecule has 0 aliphatic rings. The first-order valence-corrected chi connectivity index (χ1v) is 7.35. The van der Waals surface area contributed by atoms with Crippen LogP contribution >= 0.6 is 11.6 Å². The number of aliphatic hydroxyl groups is 1. The van der Waals surface area contributed by atoms with E-state index in [4.69, 9.17) is 16.3 Å². The predicted molar refractivity (Wildman–Crippen MR) is 85.9 cm³/mol. The van der Waals surface area contributed by atoms with E-state index in [2.05, 4.69) is 19.2 Å². The summed E-state index contributed by atoms with van der Waals surface area (Å²) in [5.74, 6) is 1.47. The second-order valence-corrected chi connectivity index (χ2v) is 5.63. The highest BCUT2D eigenvalue weighted by Gasteiger charge is 2.07. The lowest BCUT2D eigenvalue weighted by atomic mass is 10.2. The zero-order chi connectivity index (χ0) is 15.2. The third-order valence-electron chi connectivity index (χ3n) is 3.03. The molecular weight excluding hydrogens is 286 g/mol. The summed E-state index contributed by atoms with van der Waals surface area (Å²) in [5.41, 5.74) is 1.83. The van der Waals surface area contributed by atoms with Crippen LogP contribution in [-0.4, -0.2) is 11.1 Å². The molecule has 4 heteroatoms. The van der Waals surface area contributed by atoms with Crippen LogP contribution in [0.4, 0.5) is 0 Å². The Morgan fingerprint density at radius 1 is 1.19 bits per heavy atom. The minimum absolute atomic E-state index is 0.000417. The minimum atomic E-state index is -0.000417. The van der Waals surface area contributed by atoms with Gasteiger partial charge in [-0.2, -0.15) is 0 Å². The second kappa shape index (κ2) is 7.46. The Balaban J connectivity index is 2.21. The van der Waals surface area contributed by atoms with Gasteiger partial charge in [0.05, 0.1) is 6.61 Å². The van der Waals surface area contributed by atoms with Crippen LogP contribution in [0.3, 0.4) is 0 Å². The fourth-order valence-electron chi connectivity index (χ4n) is 1.93. The van der Waals surface area contributed by atoms with E-state index in [1.807, 2.05) is 42.5 Å². The Kier molecular flexibility index (Phi) is 5.62. The predicted octanol–water partition coefficient (Wildman–Crippen LogP) is 4.12. The number of nitrogens with one attached hydrogen (secondary N) is 1. The van der Waals surface area contributed by atoms with Gasteiger partial charge in [0.1, 0.15) is 11.5 Å². The quantitative estimate of drug-likeness (QED) is 0.843. The summed E-state index contributed by atoms with van der Waals surface area (Å²) in [4.78, 5) is 0. The number of benzene rings is 2. The number of hydrogen-bond donors (Lipinski definition) is 2. The number of rotatable bonds is 6. The highest BCUT2D eigenvalue weighted by Crippen LogP contribution is 2.28. The molecule has 2 rings (SSSR count). The number of aliphatic hydroxyl groups excluding tert-OH is 1. The molecule has 112 valence electrons. The maximum absolute atomic E-state index is 9.18. The van der Waals surface area contributed by atoms with Crippen molar-refractivity contribution in [3.8, 4) is 11.5 Å². The van der Waals surface area contributed by atoms with Gasteiger partial charge in [0.25, 0.3) is 0 Å². The van der Waals surface area contributed by atoms with Gasteiger partial charge in [-0.1, -0.05) is 37.6 Å². The molecular formula is C17H20ClNO2. The van der Waals surface area contributed by atoms with Crippen LogP contribution in [0.1, 0.15) is 25.0 Å². The van der Waals surface area contributed by atoms with Crippen LogP contribution in [0.15, 0.2) is 42.5 Å². The highest BCUT2D eigenvalue weighted by atomic mass is 35.5. The number of ether oxygens (including phenoxy) is 1. The lowest BCUT2D eigenvalue weighted by Crippen LogP contribution is -2.22. The summed E-state index contributed by atoms with van der Waals surface area (Å²) in [7, 11) is 0. The maximum Gasteiger partial charge on any atom is 0.132 e. The average Bonchev–Trinajstić information content (AvgIpc) is 2.47. The topological polar surface area (TPSA) is 41.5 Å². The normalized spacial score (nSPS) is 10.9. The first kappa shape index (κ1) is 15.8. The fourth-order valence-corrected chi connectivity index (χ4v) is 2.13. The molecule has 0 unspecified atom stereocenters. The van der Waals surface area contributed by atoms with Crippen LogP contribution in [-0.2, 0) is 13.2 Å². The van der Waals surface area contributed by atoms with Crippen molar-refractivity contribution in [1.29, 1.82) is 0 Å². The van der Waals surface area contributed by atoms with Crippen molar-refractivity contribution in [3.63, 3.8) is 0 Å². The third kappa shape index (κ3) is 4.74. The molecule has 0 bridgehead atoms. The summed E-state index contributed by atoms with van der Waals surface area (Å²) in [6.07, 6.45) is 0. The first-order valence-electron chi connectivity index (χ1n) is 6.98. The van der Waals surface area contributed by atoms with E-state index >= 15 is 0 Å².